The van der Waals surface area contributed by atoms with E-state index in [1.54, 1.807) is 35.6 Å². The van der Waals surface area contributed by atoms with E-state index in [0.29, 0.717) is 35.5 Å². The number of rotatable bonds is 10. The summed E-state index contributed by atoms with van der Waals surface area (Å²) in [4.78, 5) is 3.06. The lowest BCUT2D eigenvalue weighted by Crippen LogP contribution is -2.47. The van der Waals surface area contributed by atoms with E-state index in [0.717, 1.165) is 37.5 Å². The molecule has 2 aliphatic heterocycles. The predicted molar refractivity (Wildman–Crippen MR) is 155 cm³/mol. The van der Waals surface area contributed by atoms with Crippen molar-refractivity contribution in [2.75, 3.05) is 20.1 Å². The monoisotopic (exact) mass is 549 g/mol. The maximum absolute atomic E-state index is 13.4. The van der Waals surface area contributed by atoms with Crippen molar-refractivity contribution in [1.29, 1.82) is 0 Å². The minimum Gasteiger partial charge on any atom is -0.312 e. The number of piperidine rings is 1. The maximum atomic E-state index is 13.4. The summed E-state index contributed by atoms with van der Waals surface area (Å²) < 4.78 is 30.8. The Hall–Kier alpha value is -2.55. The van der Waals surface area contributed by atoms with Crippen LogP contribution in [-0.4, -0.2) is 64.6 Å². The standard InChI is InChI=1S/C31H43N5O2S/c1-23(2)30-33-32-24(3)36(30)28-20-26-16-17-27(21-28)35(26)19-18-31(4,25-12-8-6-9-13-25)22-34(5)39(37,38)29-14-10-7-11-15-29/h6-15,23,26-28H,16-22H2,1-5H3/t26?,27?,28?,31-/m1/s1. The molecule has 0 saturated carbocycles. The van der Waals surface area contributed by atoms with Gasteiger partial charge in [0.05, 0.1) is 4.90 Å². The molecule has 3 atom stereocenters. The van der Waals surface area contributed by atoms with Gasteiger partial charge in [-0.25, -0.2) is 12.7 Å². The molecule has 2 unspecified atom stereocenters. The van der Waals surface area contributed by atoms with Gasteiger partial charge in [-0.3, -0.25) is 4.90 Å². The molecule has 2 aromatic carbocycles. The van der Waals surface area contributed by atoms with Gasteiger partial charge in [-0.2, -0.15) is 0 Å². The van der Waals surface area contributed by atoms with Crippen molar-refractivity contribution in [3.63, 3.8) is 0 Å². The zero-order valence-electron chi connectivity index (χ0n) is 24.0. The van der Waals surface area contributed by atoms with Gasteiger partial charge in [-0.15, -0.1) is 10.2 Å². The molecule has 0 amide bonds. The van der Waals surface area contributed by atoms with E-state index >= 15 is 0 Å². The Balaban J connectivity index is 1.33. The van der Waals surface area contributed by atoms with Crippen LogP contribution in [0, 0.1) is 6.92 Å². The number of aryl methyl sites for hydroxylation is 1. The highest BCUT2D eigenvalue weighted by molar-refractivity contribution is 7.89. The van der Waals surface area contributed by atoms with Gasteiger partial charge >= 0.3 is 0 Å². The molecular formula is C31H43N5O2S. The summed E-state index contributed by atoms with van der Waals surface area (Å²) in [5.41, 5.74) is 0.869. The van der Waals surface area contributed by atoms with Crippen LogP contribution in [0.2, 0.25) is 0 Å². The van der Waals surface area contributed by atoms with Gasteiger partial charge < -0.3 is 4.57 Å². The van der Waals surface area contributed by atoms with E-state index in [-0.39, 0.29) is 5.41 Å². The van der Waals surface area contributed by atoms with Crippen molar-refractivity contribution in [2.24, 2.45) is 0 Å². The molecule has 1 aromatic heterocycles. The third-order valence-electron chi connectivity index (χ3n) is 9.05. The zero-order valence-corrected chi connectivity index (χ0v) is 24.8. The molecule has 5 rings (SSSR count). The van der Waals surface area contributed by atoms with Crippen LogP contribution >= 0.6 is 0 Å². The minimum atomic E-state index is -3.58. The first-order valence-corrected chi connectivity index (χ1v) is 15.8. The van der Waals surface area contributed by atoms with Crippen molar-refractivity contribution in [2.45, 2.75) is 94.2 Å². The lowest BCUT2D eigenvalue weighted by atomic mass is 9.79. The van der Waals surface area contributed by atoms with Gasteiger partial charge in [-0.1, -0.05) is 69.3 Å². The largest absolute Gasteiger partial charge is 0.312 e. The van der Waals surface area contributed by atoms with Crippen molar-refractivity contribution < 1.29 is 8.42 Å². The number of likely N-dealkylation sites (N-methyl/N-ethyl adjacent to an activating group) is 1. The summed E-state index contributed by atoms with van der Waals surface area (Å²) >= 11 is 0. The van der Waals surface area contributed by atoms with Crippen molar-refractivity contribution >= 4 is 10.0 Å². The first-order chi connectivity index (χ1) is 18.6. The fourth-order valence-electron chi connectivity index (χ4n) is 6.93. The predicted octanol–water partition coefficient (Wildman–Crippen LogP) is 5.55. The van der Waals surface area contributed by atoms with Crippen LogP contribution in [0.15, 0.2) is 65.6 Å². The number of hydrogen-bond donors (Lipinski definition) is 0. The molecule has 3 heterocycles. The smallest absolute Gasteiger partial charge is 0.242 e. The van der Waals surface area contributed by atoms with E-state index in [9.17, 15) is 8.42 Å². The molecule has 2 bridgehead atoms. The Labute approximate surface area is 234 Å². The van der Waals surface area contributed by atoms with Crippen LogP contribution < -0.4 is 0 Å². The second kappa shape index (κ2) is 11.1. The Morgan fingerprint density at radius 3 is 2.13 bits per heavy atom. The highest BCUT2D eigenvalue weighted by Gasteiger charge is 2.43. The molecule has 8 heteroatoms. The van der Waals surface area contributed by atoms with E-state index in [1.807, 2.05) is 12.1 Å². The van der Waals surface area contributed by atoms with Crippen molar-refractivity contribution in [3.8, 4) is 0 Å². The van der Waals surface area contributed by atoms with Gasteiger partial charge in [0.15, 0.2) is 0 Å². The quantitative estimate of drug-likeness (QED) is 0.332. The number of aromatic nitrogens is 3. The van der Waals surface area contributed by atoms with Crippen molar-refractivity contribution in [3.05, 3.63) is 77.9 Å². The Morgan fingerprint density at radius 2 is 1.54 bits per heavy atom. The van der Waals surface area contributed by atoms with Gasteiger partial charge in [0, 0.05) is 43.1 Å². The van der Waals surface area contributed by atoms with Gasteiger partial charge in [0.1, 0.15) is 11.6 Å². The van der Waals surface area contributed by atoms with Gasteiger partial charge in [-0.05, 0) is 63.3 Å². The topological polar surface area (TPSA) is 71.3 Å². The summed E-state index contributed by atoms with van der Waals surface area (Å²) in [5, 5.41) is 8.92. The highest BCUT2D eigenvalue weighted by Crippen LogP contribution is 2.43. The molecule has 39 heavy (non-hydrogen) atoms. The molecule has 0 spiro atoms. The van der Waals surface area contributed by atoms with E-state index in [2.05, 4.69) is 71.6 Å². The Morgan fingerprint density at radius 1 is 0.949 bits per heavy atom. The second-order valence-electron chi connectivity index (χ2n) is 12.1. The number of nitrogens with zero attached hydrogens (tertiary/aromatic N) is 5. The van der Waals surface area contributed by atoms with Gasteiger partial charge in [0.2, 0.25) is 10.0 Å². The minimum absolute atomic E-state index is 0.316. The summed E-state index contributed by atoms with van der Waals surface area (Å²) in [5.74, 6) is 2.48. The fraction of sp³-hybridized carbons (Fsp3) is 0.548. The Bertz CT molecular complexity index is 1340. The van der Waals surface area contributed by atoms with Crippen molar-refractivity contribution in [1.82, 2.24) is 24.0 Å². The third kappa shape index (κ3) is 5.56. The summed E-state index contributed by atoms with van der Waals surface area (Å²) in [6.07, 6.45) is 5.60. The van der Waals surface area contributed by atoms with Crippen LogP contribution in [0.4, 0.5) is 0 Å². The van der Waals surface area contributed by atoms with E-state index < -0.39 is 10.0 Å². The highest BCUT2D eigenvalue weighted by atomic mass is 32.2. The lowest BCUT2D eigenvalue weighted by Gasteiger charge is -2.42. The first kappa shape index (κ1) is 28.0. The summed E-state index contributed by atoms with van der Waals surface area (Å²) in [6, 6.07) is 20.7. The molecule has 2 aliphatic rings. The third-order valence-corrected chi connectivity index (χ3v) is 10.9. The number of sulfonamides is 1. The number of hydrogen-bond acceptors (Lipinski definition) is 5. The summed E-state index contributed by atoms with van der Waals surface area (Å²) in [6.45, 7) is 10.1. The average Bonchev–Trinajstić information content (AvgIpc) is 3.43. The van der Waals surface area contributed by atoms with E-state index in [4.69, 9.17) is 0 Å². The van der Waals surface area contributed by atoms with Crippen LogP contribution in [0.5, 0.6) is 0 Å². The molecule has 210 valence electrons. The SMILES string of the molecule is Cc1nnc(C(C)C)n1C1CC2CCC(C1)N2CC[C@](C)(CN(C)S(=O)(=O)c1ccccc1)c1ccccc1. The first-order valence-electron chi connectivity index (χ1n) is 14.3. The average molecular weight is 550 g/mol. The number of fused-ring (bicyclic) bond motifs is 2. The zero-order chi connectivity index (χ0) is 27.8. The van der Waals surface area contributed by atoms with Gasteiger partial charge in [0.25, 0.3) is 0 Å². The van der Waals surface area contributed by atoms with Crippen LogP contribution in [0.3, 0.4) is 0 Å². The van der Waals surface area contributed by atoms with E-state index in [1.165, 1.54) is 18.4 Å². The molecule has 0 radical (unpaired) electrons. The molecule has 2 saturated heterocycles. The Kier molecular flexibility index (Phi) is 8.00. The normalized spacial score (nSPS) is 23.4. The molecule has 7 nitrogen and oxygen atoms in total. The second-order valence-corrected chi connectivity index (χ2v) is 14.2. The van der Waals surface area contributed by atoms with Crippen LogP contribution in [-0.2, 0) is 15.4 Å². The molecule has 0 aliphatic carbocycles. The molecule has 0 N–H and O–H groups in total. The molecule has 2 fully saturated rings. The van der Waals surface area contributed by atoms with Crippen LogP contribution in [0.25, 0.3) is 0 Å². The maximum Gasteiger partial charge on any atom is 0.242 e. The molecule has 3 aromatic rings. The fourth-order valence-corrected chi connectivity index (χ4v) is 8.25. The molecular weight excluding hydrogens is 506 g/mol. The van der Waals surface area contributed by atoms with Crippen LogP contribution in [0.1, 0.15) is 82.0 Å². The summed E-state index contributed by atoms with van der Waals surface area (Å²) in [7, 11) is -1.86. The lowest BCUT2D eigenvalue weighted by molar-refractivity contribution is 0.0942. The number of benzene rings is 2.